The number of halogens is 3. The van der Waals surface area contributed by atoms with E-state index in [0.717, 1.165) is 36.2 Å². The molecule has 0 bridgehead atoms. The van der Waals surface area contributed by atoms with Gasteiger partial charge in [0.15, 0.2) is 0 Å². The molecule has 0 radical (unpaired) electrons. The Morgan fingerprint density at radius 3 is 2.48 bits per heavy atom. The fourth-order valence-electron chi connectivity index (χ4n) is 3.31. The van der Waals surface area contributed by atoms with E-state index in [1.165, 1.54) is 0 Å². The summed E-state index contributed by atoms with van der Waals surface area (Å²) in [5, 5.41) is 8.19. The van der Waals surface area contributed by atoms with Crippen molar-refractivity contribution in [1.82, 2.24) is 9.88 Å². The molecule has 2 aliphatic rings. The van der Waals surface area contributed by atoms with Crippen LogP contribution in [0.4, 0.5) is 13.2 Å². The molecule has 29 heavy (non-hydrogen) atoms. The first-order valence-electron chi connectivity index (χ1n) is 8.75. The number of aliphatic carboxylic acids is 1. The third-order valence-corrected chi connectivity index (χ3v) is 6.39. The lowest BCUT2D eigenvalue weighted by molar-refractivity contribution is -0.192. The molecule has 2 fully saturated rings. The van der Waals surface area contributed by atoms with E-state index in [4.69, 9.17) is 14.6 Å². The summed E-state index contributed by atoms with van der Waals surface area (Å²) < 4.78 is 37.4. The molecule has 2 aliphatic heterocycles. The Kier molecular flexibility index (Phi) is 6.04. The molecule has 1 unspecified atom stereocenters. The van der Waals surface area contributed by atoms with Crippen LogP contribution in [-0.4, -0.2) is 69.8 Å². The number of thioether (sulfide) groups is 1. The first-order chi connectivity index (χ1) is 13.6. The van der Waals surface area contributed by atoms with Crippen LogP contribution in [0.5, 0.6) is 0 Å². The number of ether oxygens (including phenoxy) is 1. The molecule has 2 saturated heterocycles. The van der Waals surface area contributed by atoms with E-state index in [0.29, 0.717) is 11.8 Å². The number of alkyl halides is 3. The number of pyridine rings is 1. The number of fused-ring (bicyclic) bond motifs is 1. The molecule has 10 heteroatoms. The molecule has 0 saturated carbocycles. The van der Waals surface area contributed by atoms with Crippen LogP contribution < -0.4 is 0 Å². The standard InChI is InChI=1S/C17H18N2O2S.C2HF3O2/c1-21-13-8-17(22-9-13)10-19(11-17)16(20)15-7-6-12-4-2-3-5-14(12)18-15;3-2(4,5)1(6)7/h2-7,13H,8-11H2,1H3;(H,6,7). The summed E-state index contributed by atoms with van der Waals surface area (Å²) in [5.74, 6) is -1.68. The monoisotopic (exact) mass is 428 g/mol. The highest BCUT2D eigenvalue weighted by molar-refractivity contribution is 8.01. The summed E-state index contributed by atoms with van der Waals surface area (Å²) in [6, 6.07) is 11.7. The number of carbonyl (C=O) groups is 2. The Labute approximate surface area is 169 Å². The average molecular weight is 428 g/mol. The smallest absolute Gasteiger partial charge is 0.475 e. The van der Waals surface area contributed by atoms with Crippen molar-refractivity contribution in [1.29, 1.82) is 0 Å². The highest BCUT2D eigenvalue weighted by Crippen LogP contribution is 2.46. The predicted molar refractivity (Wildman–Crippen MR) is 102 cm³/mol. The van der Waals surface area contributed by atoms with Crippen molar-refractivity contribution in [2.75, 3.05) is 26.0 Å². The zero-order chi connectivity index (χ0) is 21.2. The maximum absolute atomic E-state index is 12.6. The number of methoxy groups -OCH3 is 1. The molecular formula is C19H19F3N2O4S. The Balaban J connectivity index is 0.000000298. The first-order valence-corrected chi connectivity index (χ1v) is 9.74. The number of likely N-dealkylation sites (tertiary alicyclic amines) is 1. The quantitative estimate of drug-likeness (QED) is 0.791. The topological polar surface area (TPSA) is 79.7 Å². The number of carboxylic acids is 1. The van der Waals surface area contributed by atoms with Crippen LogP contribution in [0.15, 0.2) is 36.4 Å². The van der Waals surface area contributed by atoms with Crippen LogP contribution in [0, 0.1) is 0 Å². The van der Waals surface area contributed by atoms with Crippen molar-refractivity contribution in [3.63, 3.8) is 0 Å². The van der Waals surface area contributed by atoms with Gasteiger partial charge in [0, 0.05) is 31.3 Å². The molecule has 4 rings (SSSR count). The molecule has 3 heterocycles. The number of benzene rings is 1. The van der Waals surface area contributed by atoms with Crippen molar-refractivity contribution in [3.8, 4) is 0 Å². The minimum Gasteiger partial charge on any atom is -0.475 e. The average Bonchev–Trinajstić information content (AvgIpc) is 3.10. The summed E-state index contributed by atoms with van der Waals surface area (Å²) in [5.41, 5.74) is 1.41. The van der Waals surface area contributed by atoms with E-state index in [2.05, 4.69) is 4.98 Å². The van der Waals surface area contributed by atoms with Crippen molar-refractivity contribution < 1.29 is 32.6 Å². The number of nitrogens with zero attached hydrogens (tertiary/aromatic N) is 2. The summed E-state index contributed by atoms with van der Waals surface area (Å²) in [4.78, 5) is 27.9. The van der Waals surface area contributed by atoms with Gasteiger partial charge < -0.3 is 14.7 Å². The lowest BCUT2D eigenvalue weighted by Gasteiger charge is -2.47. The predicted octanol–water partition coefficient (Wildman–Crippen LogP) is 3.21. The van der Waals surface area contributed by atoms with Gasteiger partial charge in [-0.2, -0.15) is 13.2 Å². The fraction of sp³-hybridized carbons (Fsp3) is 0.421. The van der Waals surface area contributed by atoms with Gasteiger partial charge in [-0.15, -0.1) is 11.8 Å². The Morgan fingerprint density at radius 2 is 1.90 bits per heavy atom. The minimum absolute atomic E-state index is 0.0397. The van der Waals surface area contributed by atoms with Gasteiger partial charge in [-0.25, -0.2) is 9.78 Å². The summed E-state index contributed by atoms with van der Waals surface area (Å²) in [6.07, 6.45) is -3.70. The number of hydrogen-bond donors (Lipinski definition) is 1. The third kappa shape index (κ3) is 4.81. The Morgan fingerprint density at radius 1 is 1.24 bits per heavy atom. The van der Waals surface area contributed by atoms with Crippen molar-refractivity contribution in [3.05, 3.63) is 42.1 Å². The van der Waals surface area contributed by atoms with E-state index in [-0.39, 0.29) is 10.7 Å². The van der Waals surface area contributed by atoms with Gasteiger partial charge in [0.25, 0.3) is 5.91 Å². The van der Waals surface area contributed by atoms with Crippen LogP contribution in [-0.2, 0) is 9.53 Å². The van der Waals surface area contributed by atoms with Crippen LogP contribution >= 0.6 is 11.8 Å². The Hall–Kier alpha value is -2.33. The number of aromatic nitrogens is 1. The summed E-state index contributed by atoms with van der Waals surface area (Å²) in [7, 11) is 1.77. The molecule has 156 valence electrons. The van der Waals surface area contributed by atoms with Crippen LogP contribution in [0.25, 0.3) is 10.9 Å². The van der Waals surface area contributed by atoms with Gasteiger partial charge in [0.2, 0.25) is 0 Å². The number of para-hydroxylation sites is 1. The Bertz CT molecular complexity index is 916. The van der Waals surface area contributed by atoms with Gasteiger partial charge in [-0.3, -0.25) is 4.79 Å². The first kappa shape index (κ1) is 21.4. The number of amides is 1. The minimum atomic E-state index is -5.08. The van der Waals surface area contributed by atoms with Crippen LogP contribution in [0.1, 0.15) is 16.9 Å². The lowest BCUT2D eigenvalue weighted by Crippen LogP contribution is -2.60. The van der Waals surface area contributed by atoms with Gasteiger partial charge in [0.05, 0.1) is 16.4 Å². The molecular weight excluding hydrogens is 409 g/mol. The second-order valence-corrected chi connectivity index (χ2v) is 8.40. The lowest BCUT2D eigenvalue weighted by atomic mass is 9.92. The van der Waals surface area contributed by atoms with Gasteiger partial charge >= 0.3 is 12.1 Å². The molecule has 1 spiro atoms. The third-order valence-electron chi connectivity index (χ3n) is 4.81. The van der Waals surface area contributed by atoms with Gasteiger partial charge in [-0.1, -0.05) is 24.3 Å². The molecule has 1 aromatic heterocycles. The van der Waals surface area contributed by atoms with Gasteiger partial charge in [0.1, 0.15) is 5.69 Å². The maximum Gasteiger partial charge on any atom is 0.490 e. The summed E-state index contributed by atoms with van der Waals surface area (Å²) >= 11 is 1.94. The summed E-state index contributed by atoms with van der Waals surface area (Å²) in [6.45, 7) is 1.62. The zero-order valence-electron chi connectivity index (χ0n) is 15.5. The van der Waals surface area contributed by atoms with Crippen LogP contribution in [0.3, 0.4) is 0 Å². The van der Waals surface area contributed by atoms with Crippen molar-refractivity contribution >= 4 is 34.5 Å². The molecule has 2 aromatic rings. The van der Waals surface area contributed by atoms with Gasteiger partial charge in [-0.05, 0) is 18.6 Å². The van der Waals surface area contributed by atoms with E-state index in [1.807, 2.05) is 53.1 Å². The van der Waals surface area contributed by atoms with E-state index in [1.54, 1.807) is 7.11 Å². The molecule has 6 nitrogen and oxygen atoms in total. The molecule has 1 N–H and O–H groups in total. The molecule has 0 aliphatic carbocycles. The molecule has 1 amide bonds. The second-order valence-electron chi connectivity index (χ2n) is 6.91. The number of carbonyl (C=O) groups excluding carboxylic acids is 1. The normalized spacial score (nSPS) is 20.1. The highest BCUT2D eigenvalue weighted by Gasteiger charge is 2.51. The van der Waals surface area contributed by atoms with E-state index >= 15 is 0 Å². The molecule has 1 aromatic carbocycles. The van der Waals surface area contributed by atoms with Crippen molar-refractivity contribution in [2.24, 2.45) is 0 Å². The van der Waals surface area contributed by atoms with Crippen LogP contribution in [0.2, 0.25) is 0 Å². The number of rotatable bonds is 2. The maximum atomic E-state index is 12.6. The zero-order valence-corrected chi connectivity index (χ0v) is 16.3. The van der Waals surface area contributed by atoms with Crippen molar-refractivity contribution in [2.45, 2.75) is 23.4 Å². The molecule has 1 atom stereocenters. The largest absolute Gasteiger partial charge is 0.490 e. The number of hydrogen-bond acceptors (Lipinski definition) is 5. The SMILES string of the molecule is COC1CSC2(C1)CN(C(=O)c1ccc3ccccc3n1)C2.O=C(O)C(F)(F)F. The van der Waals surface area contributed by atoms with E-state index in [9.17, 15) is 18.0 Å². The fourth-order valence-corrected chi connectivity index (χ4v) is 4.91. The second kappa shape index (κ2) is 8.19. The van der Waals surface area contributed by atoms with E-state index < -0.39 is 12.1 Å². The highest BCUT2D eigenvalue weighted by atomic mass is 32.2. The number of carboxylic acid groups (broad SMARTS) is 1.